The van der Waals surface area contributed by atoms with Crippen molar-refractivity contribution in [2.45, 2.75) is 6.54 Å². The number of thiophene rings is 2. The summed E-state index contributed by atoms with van der Waals surface area (Å²) in [4.78, 5) is 32.2. The molecule has 0 atom stereocenters. The third kappa shape index (κ3) is 6.38. The highest BCUT2D eigenvalue weighted by Crippen LogP contribution is 2.36. The molecule has 4 aromatic rings. The summed E-state index contributed by atoms with van der Waals surface area (Å²) in [6.07, 6.45) is 0. The fourth-order valence-corrected chi connectivity index (χ4v) is 5.38. The van der Waals surface area contributed by atoms with E-state index in [0.29, 0.717) is 32.8 Å². The summed E-state index contributed by atoms with van der Waals surface area (Å²) >= 11 is 2.41. The Morgan fingerprint density at radius 1 is 0.949 bits per heavy atom. The molecule has 5 rings (SSSR count). The van der Waals surface area contributed by atoms with E-state index in [0.717, 1.165) is 38.6 Å². The van der Waals surface area contributed by atoms with Crippen LogP contribution in [0.15, 0.2) is 82.9 Å². The molecular formula is C28H23N5O4S2. The van der Waals surface area contributed by atoms with E-state index < -0.39 is 5.97 Å². The first kappa shape index (κ1) is 27.3. The fraction of sp³-hybridized carbons (Fsp3) is 0.107. The van der Waals surface area contributed by atoms with E-state index in [1.165, 1.54) is 25.6 Å². The Morgan fingerprint density at radius 3 is 2.03 bits per heavy atom. The molecule has 0 radical (unpaired) electrons. The lowest BCUT2D eigenvalue weighted by molar-refractivity contribution is 0.0597. The topological polar surface area (TPSA) is 120 Å². The van der Waals surface area contributed by atoms with Crippen LogP contribution in [-0.2, 0) is 16.0 Å². The summed E-state index contributed by atoms with van der Waals surface area (Å²) in [5, 5.41) is 4.88. The zero-order valence-electron chi connectivity index (χ0n) is 21.0. The quantitative estimate of drug-likeness (QED) is 0.136. The molecule has 0 unspecified atom stereocenters. The van der Waals surface area contributed by atoms with Crippen LogP contribution in [0.3, 0.4) is 0 Å². The molecule has 0 fully saturated rings. The van der Waals surface area contributed by atoms with Gasteiger partial charge in [0.2, 0.25) is 0 Å². The summed E-state index contributed by atoms with van der Waals surface area (Å²) in [7, 11) is 2.68. The van der Waals surface area contributed by atoms with Crippen LogP contribution in [0.5, 0.6) is 0 Å². The Kier molecular flexibility index (Phi) is 8.83. The standard InChI is InChI=1S/C20H15N3O2S.C8H8N2O2S/c1-21-19-16(13-17(26-19)20(24)25-2)22-23-18(14-9-5-3-6-10-14)15-11-7-4-8-12-15;1-12-8(11)5-2-4-3-10-7(9)6(4)13-5/h3-13,22H,2H3;2H,3H2,1H3,(H2,9,10). The number of aliphatic imine (C=N–C) groups is 1. The molecule has 2 aromatic heterocycles. The highest BCUT2D eigenvalue weighted by Gasteiger charge is 2.20. The molecule has 3 N–H and O–H groups in total. The van der Waals surface area contributed by atoms with Crippen molar-refractivity contribution in [1.29, 1.82) is 0 Å². The van der Waals surface area contributed by atoms with Gasteiger partial charge in [-0.05, 0) is 17.7 Å². The smallest absolute Gasteiger partial charge is 0.348 e. The predicted octanol–water partition coefficient (Wildman–Crippen LogP) is 5.70. The Bertz CT molecular complexity index is 1540. The minimum absolute atomic E-state index is 0.313. The molecule has 0 saturated carbocycles. The lowest BCUT2D eigenvalue weighted by Crippen LogP contribution is -2.08. The molecule has 39 heavy (non-hydrogen) atoms. The van der Waals surface area contributed by atoms with E-state index in [1.807, 2.05) is 60.7 Å². The number of rotatable bonds is 6. The molecule has 9 nitrogen and oxygen atoms in total. The number of methoxy groups -OCH3 is 2. The zero-order valence-corrected chi connectivity index (χ0v) is 22.6. The van der Waals surface area contributed by atoms with Crippen molar-refractivity contribution in [2.75, 3.05) is 19.6 Å². The lowest BCUT2D eigenvalue weighted by Gasteiger charge is -2.08. The fourth-order valence-electron chi connectivity index (χ4n) is 3.56. The number of esters is 2. The van der Waals surface area contributed by atoms with Gasteiger partial charge in [-0.2, -0.15) is 5.10 Å². The van der Waals surface area contributed by atoms with Crippen LogP contribution in [0.2, 0.25) is 0 Å². The number of fused-ring (bicyclic) bond motifs is 1. The van der Waals surface area contributed by atoms with Crippen LogP contribution in [0.4, 0.5) is 10.7 Å². The molecule has 0 spiro atoms. The van der Waals surface area contributed by atoms with Gasteiger partial charge in [-0.1, -0.05) is 60.7 Å². The van der Waals surface area contributed by atoms with Crippen LogP contribution in [0.25, 0.3) is 4.85 Å². The SMILES string of the molecule is COC(=O)c1cc2c(s1)C(N)=NC2.[C-]#[N+]c1sc(C(=O)OC)cc1NN=C(c1ccccc1)c1ccccc1. The number of nitrogens with one attached hydrogen (secondary N) is 1. The van der Waals surface area contributed by atoms with Crippen molar-refractivity contribution in [2.24, 2.45) is 15.8 Å². The molecule has 0 bridgehead atoms. The van der Waals surface area contributed by atoms with E-state index >= 15 is 0 Å². The number of amidine groups is 1. The molecule has 1 aliphatic rings. The molecule has 11 heteroatoms. The van der Waals surface area contributed by atoms with E-state index in [-0.39, 0.29) is 5.97 Å². The van der Waals surface area contributed by atoms with Crippen LogP contribution >= 0.6 is 22.7 Å². The third-order valence-electron chi connectivity index (χ3n) is 5.43. The van der Waals surface area contributed by atoms with Gasteiger partial charge in [0, 0.05) is 11.1 Å². The van der Waals surface area contributed by atoms with Crippen LogP contribution < -0.4 is 11.2 Å². The first-order valence-corrected chi connectivity index (χ1v) is 13.1. The zero-order chi connectivity index (χ0) is 27.8. The number of carbonyl (C=O) groups is 2. The van der Waals surface area contributed by atoms with Crippen molar-refractivity contribution < 1.29 is 19.1 Å². The average Bonchev–Trinajstić information content (AvgIpc) is 3.69. The van der Waals surface area contributed by atoms with Crippen molar-refractivity contribution in [3.05, 3.63) is 116 Å². The van der Waals surface area contributed by atoms with E-state index in [2.05, 4.69) is 25.1 Å². The largest absolute Gasteiger partial charge is 0.465 e. The number of benzene rings is 2. The van der Waals surface area contributed by atoms with Gasteiger partial charge in [0.25, 0.3) is 5.00 Å². The molecule has 0 aliphatic carbocycles. The maximum Gasteiger partial charge on any atom is 0.348 e. The first-order valence-electron chi connectivity index (χ1n) is 11.5. The van der Waals surface area contributed by atoms with Crippen LogP contribution in [0.1, 0.15) is 40.9 Å². The van der Waals surface area contributed by atoms with Gasteiger partial charge in [0.05, 0.1) is 43.6 Å². The number of carbonyl (C=O) groups excluding carboxylic acids is 2. The molecular weight excluding hydrogens is 534 g/mol. The monoisotopic (exact) mass is 557 g/mol. The summed E-state index contributed by atoms with van der Waals surface area (Å²) < 4.78 is 9.32. The second kappa shape index (κ2) is 12.6. The number of anilines is 1. The van der Waals surface area contributed by atoms with Gasteiger partial charge in [0.1, 0.15) is 15.6 Å². The second-order valence-electron chi connectivity index (χ2n) is 7.90. The third-order valence-corrected chi connectivity index (χ3v) is 7.62. The number of hydrogen-bond donors (Lipinski definition) is 2. The van der Waals surface area contributed by atoms with Crippen molar-refractivity contribution in [3.8, 4) is 0 Å². The van der Waals surface area contributed by atoms with E-state index in [9.17, 15) is 9.59 Å². The number of ether oxygens (including phenoxy) is 2. The molecule has 1 aliphatic heterocycles. The molecule has 2 aromatic carbocycles. The number of hydrogen-bond acceptors (Lipinski definition) is 10. The van der Waals surface area contributed by atoms with Gasteiger partial charge < -0.3 is 15.2 Å². The van der Waals surface area contributed by atoms with Crippen LogP contribution in [-0.4, -0.2) is 37.7 Å². The highest BCUT2D eigenvalue weighted by molar-refractivity contribution is 7.18. The maximum atomic E-state index is 11.7. The Balaban J connectivity index is 0.000000226. The summed E-state index contributed by atoms with van der Waals surface area (Å²) in [6, 6.07) is 22.9. The van der Waals surface area contributed by atoms with Gasteiger partial charge in [-0.25, -0.2) is 14.4 Å². The van der Waals surface area contributed by atoms with Crippen molar-refractivity contribution >= 4 is 56.8 Å². The summed E-state index contributed by atoms with van der Waals surface area (Å²) in [5.41, 5.74) is 12.7. The minimum Gasteiger partial charge on any atom is -0.465 e. The minimum atomic E-state index is -0.469. The number of nitrogens with zero attached hydrogens (tertiary/aromatic N) is 3. The van der Waals surface area contributed by atoms with E-state index in [4.69, 9.17) is 17.0 Å². The number of hydrazone groups is 1. The highest BCUT2D eigenvalue weighted by atomic mass is 32.1. The molecule has 0 saturated heterocycles. The van der Waals surface area contributed by atoms with Gasteiger partial charge in [-0.3, -0.25) is 10.4 Å². The van der Waals surface area contributed by atoms with Gasteiger partial charge in [-0.15, -0.1) is 22.7 Å². The second-order valence-corrected chi connectivity index (χ2v) is 9.98. The molecule has 3 heterocycles. The van der Waals surface area contributed by atoms with Crippen molar-refractivity contribution in [1.82, 2.24) is 0 Å². The summed E-state index contributed by atoms with van der Waals surface area (Å²) in [5.74, 6) is -0.259. The van der Waals surface area contributed by atoms with Crippen molar-refractivity contribution in [3.63, 3.8) is 0 Å². The molecule has 196 valence electrons. The maximum absolute atomic E-state index is 11.7. The Morgan fingerprint density at radius 2 is 1.51 bits per heavy atom. The normalized spacial score (nSPS) is 11.2. The first-order chi connectivity index (χ1) is 18.9. The van der Waals surface area contributed by atoms with Crippen LogP contribution in [0, 0.1) is 6.57 Å². The Hall–Kier alpha value is -4.79. The number of nitrogens with two attached hydrogens (primary N) is 1. The van der Waals surface area contributed by atoms with Gasteiger partial charge in [0.15, 0.2) is 0 Å². The van der Waals surface area contributed by atoms with E-state index in [1.54, 1.807) is 12.1 Å². The average molecular weight is 558 g/mol. The molecule has 0 amide bonds. The predicted molar refractivity (Wildman–Crippen MR) is 154 cm³/mol. The lowest BCUT2D eigenvalue weighted by atomic mass is 10.0. The summed E-state index contributed by atoms with van der Waals surface area (Å²) in [6.45, 7) is 7.88. The van der Waals surface area contributed by atoms with Gasteiger partial charge >= 0.3 is 11.9 Å². The Labute approximate surface area is 233 Å².